The first-order valence-corrected chi connectivity index (χ1v) is 10.6. The van der Waals surface area contributed by atoms with Gasteiger partial charge in [0.05, 0.1) is 12.9 Å². The van der Waals surface area contributed by atoms with Crippen molar-refractivity contribution in [2.45, 2.75) is 17.9 Å². The summed E-state index contributed by atoms with van der Waals surface area (Å²) in [4.78, 5) is 29.7. The summed E-state index contributed by atoms with van der Waals surface area (Å²) in [5.41, 5.74) is 1.16. The highest BCUT2D eigenvalue weighted by atomic mass is 32.2. The number of methoxy groups -OCH3 is 1. The molecule has 1 heterocycles. The minimum absolute atomic E-state index is 0.138. The van der Waals surface area contributed by atoms with Crippen LogP contribution in [-0.2, 0) is 14.3 Å². The molecule has 2 aromatic rings. The zero-order chi connectivity index (χ0) is 20.6. The molecule has 0 spiro atoms. The second kappa shape index (κ2) is 10.2. The summed E-state index contributed by atoms with van der Waals surface area (Å²) in [6.07, 6.45) is -0.776. The number of ether oxygens (including phenoxy) is 2. The van der Waals surface area contributed by atoms with E-state index in [0.29, 0.717) is 13.1 Å². The van der Waals surface area contributed by atoms with Gasteiger partial charge in [0.15, 0.2) is 6.10 Å². The van der Waals surface area contributed by atoms with E-state index in [2.05, 4.69) is 17.0 Å². The molecule has 1 aliphatic rings. The third-order valence-electron chi connectivity index (χ3n) is 4.78. The molecule has 29 heavy (non-hydrogen) atoms. The lowest BCUT2D eigenvalue weighted by Crippen LogP contribution is -2.51. The molecular weight excluding hydrogens is 388 g/mol. The van der Waals surface area contributed by atoms with E-state index in [0.717, 1.165) is 29.4 Å². The van der Waals surface area contributed by atoms with Gasteiger partial charge < -0.3 is 19.3 Å². The van der Waals surface area contributed by atoms with Gasteiger partial charge in [0.1, 0.15) is 5.75 Å². The third kappa shape index (κ3) is 5.90. The van der Waals surface area contributed by atoms with E-state index in [1.54, 1.807) is 18.9 Å². The van der Waals surface area contributed by atoms with Gasteiger partial charge in [-0.1, -0.05) is 18.2 Å². The second-order valence-electron chi connectivity index (χ2n) is 6.74. The Bertz CT molecular complexity index is 805. The Labute approximate surface area is 175 Å². The molecule has 0 N–H and O–H groups in total. The predicted molar refractivity (Wildman–Crippen MR) is 115 cm³/mol. The van der Waals surface area contributed by atoms with Gasteiger partial charge in [-0.25, -0.2) is 0 Å². The van der Waals surface area contributed by atoms with E-state index >= 15 is 0 Å². The van der Waals surface area contributed by atoms with Crippen LogP contribution in [0.25, 0.3) is 0 Å². The smallest absolute Gasteiger partial charge is 0.317 e. The number of para-hydroxylation sites is 1. The van der Waals surface area contributed by atoms with Crippen molar-refractivity contribution >= 4 is 29.3 Å². The van der Waals surface area contributed by atoms with Gasteiger partial charge >= 0.3 is 5.97 Å². The molecule has 0 saturated carbocycles. The Morgan fingerprint density at radius 2 is 1.66 bits per heavy atom. The predicted octanol–water partition coefficient (Wildman–Crippen LogP) is 3.07. The molecule has 0 aliphatic carbocycles. The number of nitrogens with zero attached hydrogens (tertiary/aromatic N) is 2. The van der Waals surface area contributed by atoms with E-state index < -0.39 is 12.1 Å². The molecule has 1 aliphatic heterocycles. The average molecular weight is 415 g/mol. The normalized spacial score (nSPS) is 15.0. The molecule has 0 unspecified atom stereocenters. The van der Waals surface area contributed by atoms with E-state index in [-0.39, 0.29) is 11.7 Å². The molecule has 0 aromatic heterocycles. The fourth-order valence-corrected chi connectivity index (χ4v) is 3.86. The van der Waals surface area contributed by atoms with E-state index in [1.807, 2.05) is 42.5 Å². The van der Waals surface area contributed by atoms with Crippen LogP contribution in [0.3, 0.4) is 0 Å². The van der Waals surface area contributed by atoms with Crippen molar-refractivity contribution < 1.29 is 19.1 Å². The SMILES string of the molecule is COc1ccc(SCC(=O)O[C@@H](C)C(=O)N2CCN(c3ccccc3)CC2)cc1. The highest BCUT2D eigenvalue weighted by Crippen LogP contribution is 2.22. The molecule has 0 bridgehead atoms. The first-order valence-electron chi connectivity index (χ1n) is 9.62. The number of carbonyl (C=O) groups excluding carboxylic acids is 2. The molecule has 1 atom stereocenters. The number of rotatable bonds is 7. The van der Waals surface area contributed by atoms with Crippen molar-refractivity contribution in [1.29, 1.82) is 0 Å². The van der Waals surface area contributed by atoms with Crippen molar-refractivity contribution in [2.24, 2.45) is 0 Å². The van der Waals surface area contributed by atoms with E-state index in [1.165, 1.54) is 11.8 Å². The topological polar surface area (TPSA) is 59.1 Å². The quantitative estimate of drug-likeness (QED) is 0.513. The molecule has 154 valence electrons. The van der Waals surface area contributed by atoms with Crippen LogP contribution in [0.5, 0.6) is 5.75 Å². The second-order valence-corrected chi connectivity index (χ2v) is 7.79. The maximum Gasteiger partial charge on any atom is 0.317 e. The van der Waals surface area contributed by atoms with Crippen LogP contribution in [0.1, 0.15) is 6.92 Å². The summed E-state index contributed by atoms with van der Waals surface area (Å²) in [6, 6.07) is 17.6. The molecule has 7 heteroatoms. The molecule has 3 rings (SSSR count). The van der Waals surface area contributed by atoms with Crippen molar-refractivity contribution in [1.82, 2.24) is 4.90 Å². The monoisotopic (exact) mass is 414 g/mol. The number of hydrogen-bond donors (Lipinski definition) is 0. The van der Waals surface area contributed by atoms with Gasteiger partial charge in [0.25, 0.3) is 5.91 Å². The zero-order valence-electron chi connectivity index (χ0n) is 16.7. The Balaban J connectivity index is 1.42. The number of anilines is 1. The summed E-state index contributed by atoms with van der Waals surface area (Å²) in [7, 11) is 1.61. The van der Waals surface area contributed by atoms with Crippen molar-refractivity contribution in [3.63, 3.8) is 0 Å². The van der Waals surface area contributed by atoms with Gasteiger partial charge in [-0.05, 0) is 43.3 Å². The first-order chi connectivity index (χ1) is 14.1. The molecule has 6 nitrogen and oxygen atoms in total. The third-order valence-corrected chi connectivity index (χ3v) is 5.77. The standard InChI is InChI=1S/C22H26N2O4S/c1-17(28-21(25)16-29-20-10-8-19(27-2)9-11-20)22(26)24-14-12-23(13-15-24)18-6-4-3-5-7-18/h3-11,17H,12-16H2,1-2H3/t17-/m0/s1. The van der Waals surface area contributed by atoms with Crippen LogP contribution in [0.2, 0.25) is 0 Å². The highest BCUT2D eigenvalue weighted by molar-refractivity contribution is 8.00. The van der Waals surface area contributed by atoms with Crippen LogP contribution in [0.4, 0.5) is 5.69 Å². The molecular formula is C22H26N2O4S. The average Bonchev–Trinajstić information content (AvgIpc) is 2.78. The lowest BCUT2D eigenvalue weighted by atomic mass is 10.2. The zero-order valence-corrected chi connectivity index (χ0v) is 17.6. The maximum absolute atomic E-state index is 12.6. The summed E-state index contributed by atoms with van der Waals surface area (Å²) in [5, 5.41) is 0. The fraction of sp³-hybridized carbons (Fsp3) is 0.364. The Kier molecular flexibility index (Phi) is 7.41. The largest absolute Gasteiger partial charge is 0.497 e. The minimum Gasteiger partial charge on any atom is -0.497 e. The number of amides is 1. The van der Waals surface area contributed by atoms with Crippen LogP contribution in [-0.4, -0.2) is 61.9 Å². The van der Waals surface area contributed by atoms with E-state index in [9.17, 15) is 9.59 Å². The van der Waals surface area contributed by atoms with E-state index in [4.69, 9.17) is 9.47 Å². The number of piperazine rings is 1. The molecule has 2 aromatic carbocycles. The van der Waals surface area contributed by atoms with Crippen LogP contribution < -0.4 is 9.64 Å². The van der Waals surface area contributed by atoms with Crippen molar-refractivity contribution in [3.8, 4) is 5.75 Å². The summed E-state index contributed by atoms with van der Waals surface area (Å²) >= 11 is 1.37. The van der Waals surface area contributed by atoms with Crippen LogP contribution in [0, 0.1) is 0 Å². The number of carbonyl (C=O) groups is 2. The minimum atomic E-state index is -0.776. The fourth-order valence-electron chi connectivity index (χ4n) is 3.18. The molecule has 1 fully saturated rings. The van der Waals surface area contributed by atoms with Crippen LogP contribution in [0.15, 0.2) is 59.5 Å². The van der Waals surface area contributed by atoms with Gasteiger partial charge in [0.2, 0.25) is 0 Å². The number of hydrogen-bond acceptors (Lipinski definition) is 6. The number of benzene rings is 2. The first kappa shape index (κ1) is 21.0. The van der Waals surface area contributed by atoms with Gasteiger partial charge in [-0.3, -0.25) is 9.59 Å². The molecule has 1 amide bonds. The lowest BCUT2D eigenvalue weighted by Gasteiger charge is -2.37. The molecule has 0 radical (unpaired) electrons. The highest BCUT2D eigenvalue weighted by Gasteiger charge is 2.27. The Morgan fingerprint density at radius 3 is 2.28 bits per heavy atom. The van der Waals surface area contributed by atoms with Gasteiger partial charge in [-0.15, -0.1) is 11.8 Å². The summed E-state index contributed by atoms with van der Waals surface area (Å²) in [5.74, 6) is 0.393. The van der Waals surface area contributed by atoms with Gasteiger partial charge in [0, 0.05) is 36.8 Å². The molecule has 1 saturated heterocycles. The van der Waals surface area contributed by atoms with Gasteiger partial charge in [-0.2, -0.15) is 0 Å². The van der Waals surface area contributed by atoms with Crippen LogP contribution >= 0.6 is 11.8 Å². The number of thioether (sulfide) groups is 1. The summed E-state index contributed by atoms with van der Waals surface area (Å²) < 4.78 is 10.5. The Hall–Kier alpha value is -2.67. The van der Waals surface area contributed by atoms with Crippen molar-refractivity contribution in [3.05, 3.63) is 54.6 Å². The number of esters is 1. The Morgan fingerprint density at radius 1 is 1.00 bits per heavy atom. The van der Waals surface area contributed by atoms with Crippen molar-refractivity contribution in [2.75, 3.05) is 43.9 Å². The maximum atomic E-state index is 12.6. The summed E-state index contributed by atoms with van der Waals surface area (Å²) in [6.45, 7) is 4.42. The lowest BCUT2D eigenvalue weighted by molar-refractivity contribution is -0.157.